The van der Waals surface area contributed by atoms with E-state index in [0.29, 0.717) is 12.8 Å². The summed E-state index contributed by atoms with van der Waals surface area (Å²) in [6.07, 6.45) is 38.2. The predicted octanol–water partition coefficient (Wildman–Crippen LogP) is 13.1. The monoisotopic (exact) mass is 724 g/mol. The van der Waals surface area contributed by atoms with Gasteiger partial charge in [-0.3, -0.25) is 9.59 Å². The average Bonchev–Trinajstić information content (AvgIpc) is 3.11. The zero-order valence-electron chi connectivity index (χ0n) is 34.8. The zero-order chi connectivity index (χ0) is 37.5. The number of hydrogen-bond donors (Lipinski definition) is 1. The lowest BCUT2D eigenvalue weighted by molar-refractivity contribution is -0.150. The van der Waals surface area contributed by atoms with Gasteiger partial charge >= 0.3 is 11.9 Å². The van der Waals surface area contributed by atoms with Crippen LogP contribution in [0, 0.1) is 0 Å². The van der Waals surface area contributed by atoms with Gasteiger partial charge in [0.25, 0.3) is 0 Å². The van der Waals surface area contributed by atoms with Gasteiger partial charge in [0.2, 0.25) is 0 Å². The van der Waals surface area contributed by atoms with Crippen LogP contribution in [-0.2, 0) is 19.1 Å². The number of hydrogen-bond acceptors (Lipinski definition) is 6. The Morgan fingerprint density at radius 2 is 0.804 bits per heavy atom. The Kier molecular flexibility index (Phi) is 39.2. The molecule has 304 valence electrons. The molecule has 0 spiro atoms. The van der Waals surface area contributed by atoms with E-state index >= 15 is 0 Å². The van der Waals surface area contributed by atoms with Crippen molar-refractivity contribution < 1.29 is 24.2 Å². The van der Waals surface area contributed by atoms with Crippen molar-refractivity contribution in [3.05, 3.63) is 0 Å². The van der Waals surface area contributed by atoms with Crippen LogP contribution in [0.3, 0.4) is 0 Å². The molecule has 0 radical (unpaired) electrons. The predicted molar refractivity (Wildman–Crippen MR) is 218 cm³/mol. The van der Waals surface area contributed by atoms with Gasteiger partial charge in [-0.2, -0.15) is 0 Å². The number of carbonyl (C=O) groups is 2. The van der Waals surface area contributed by atoms with E-state index in [2.05, 4.69) is 25.7 Å². The highest BCUT2D eigenvalue weighted by Gasteiger charge is 2.15. The van der Waals surface area contributed by atoms with Crippen LogP contribution in [0.2, 0.25) is 0 Å². The number of esters is 2. The topological polar surface area (TPSA) is 76.1 Å². The lowest BCUT2D eigenvalue weighted by atomic mass is 10.0. The van der Waals surface area contributed by atoms with Gasteiger partial charge in [0.05, 0.1) is 12.7 Å². The number of aliphatic hydroxyl groups excluding tert-OH is 1. The maximum atomic E-state index is 12.7. The lowest BCUT2D eigenvalue weighted by Crippen LogP contribution is -2.29. The Balaban J connectivity index is 4.01. The Morgan fingerprint density at radius 1 is 0.451 bits per heavy atom. The minimum absolute atomic E-state index is 0.0142. The number of aliphatic hydroxyl groups is 1. The molecule has 6 heteroatoms. The number of ether oxygens (including phenoxy) is 2. The van der Waals surface area contributed by atoms with Crippen molar-refractivity contribution in [2.24, 2.45) is 0 Å². The number of carbonyl (C=O) groups excluding carboxylic acids is 2. The normalized spacial score (nSPS) is 12.2. The standard InChI is InChI=1S/C45H89NO5/c1-5-8-11-14-17-21-29-36-44(48)50-42(4)33-26-23-25-32-39-46(40-41-47)38-31-24-18-22-30-37-45(49)51-43(34-27-19-15-12-9-6-2)35-28-20-16-13-10-7-3/h42-43,47H,5-41H2,1-4H3. The molecule has 6 nitrogen and oxygen atoms in total. The molecule has 51 heavy (non-hydrogen) atoms. The molecule has 0 saturated heterocycles. The molecular weight excluding hydrogens is 634 g/mol. The highest BCUT2D eigenvalue weighted by molar-refractivity contribution is 5.69. The van der Waals surface area contributed by atoms with E-state index in [1.54, 1.807) is 0 Å². The van der Waals surface area contributed by atoms with Gasteiger partial charge < -0.3 is 19.5 Å². The lowest BCUT2D eigenvalue weighted by Gasteiger charge is -2.21. The Morgan fingerprint density at radius 3 is 1.24 bits per heavy atom. The molecule has 1 unspecified atom stereocenters. The van der Waals surface area contributed by atoms with Gasteiger partial charge in [-0.15, -0.1) is 0 Å². The van der Waals surface area contributed by atoms with Gasteiger partial charge in [-0.1, -0.05) is 156 Å². The highest BCUT2D eigenvalue weighted by Crippen LogP contribution is 2.19. The van der Waals surface area contributed by atoms with Gasteiger partial charge in [0, 0.05) is 19.4 Å². The molecule has 0 saturated carbocycles. The summed E-state index contributed by atoms with van der Waals surface area (Å²) >= 11 is 0. The quantitative estimate of drug-likeness (QED) is 0.0500. The summed E-state index contributed by atoms with van der Waals surface area (Å²) in [5.41, 5.74) is 0. The Labute approximate surface area is 318 Å². The fraction of sp³-hybridized carbons (Fsp3) is 0.956. The molecule has 0 heterocycles. The number of rotatable bonds is 41. The molecule has 0 fully saturated rings. The van der Waals surface area contributed by atoms with Crippen LogP contribution in [-0.4, -0.2) is 60.4 Å². The van der Waals surface area contributed by atoms with E-state index in [1.165, 1.54) is 122 Å². The molecule has 0 aliphatic carbocycles. The first-order chi connectivity index (χ1) is 25.0. The molecule has 1 N–H and O–H groups in total. The van der Waals surface area contributed by atoms with Crippen LogP contribution in [0.4, 0.5) is 0 Å². The summed E-state index contributed by atoms with van der Waals surface area (Å²) in [5, 5.41) is 9.57. The SMILES string of the molecule is CCCCCCCCCC(=O)OC(C)CCCCCCN(CCO)CCCCCCCC(=O)OC(CCCCCCCC)CCCCCCCC. The van der Waals surface area contributed by atoms with E-state index in [-0.39, 0.29) is 30.8 Å². The summed E-state index contributed by atoms with van der Waals surface area (Å²) in [6, 6.07) is 0. The molecule has 0 aromatic heterocycles. The molecule has 0 aromatic rings. The molecule has 1 atom stereocenters. The minimum atomic E-state index is -0.0282. The van der Waals surface area contributed by atoms with Gasteiger partial charge in [-0.25, -0.2) is 0 Å². The van der Waals surface area contributed by atoms with Crippen molar-refractivity contribution in [1.82, 2.24) is 4.90 Å². The zero-order valence-corrected chi connectivity index (χ0v) is 34.8. The number of unbranched alkanes of at least 4 members (excludes halogenated alkanes) is 23. The molecule has 0 bridgehead atoms. The van der Waals surface area contributed by atoms with Crippen molar-refractivity contribution in [2.75, 3.05) is 26.2 Å². The second kappa shape index (κ2) is 40.1. The first-order valence-electron chi connectivity index (χ1n) is 22.7. The third-order valence-corrected chi connectivity index (χ3v) is 10.5. The molecule has 0 aromatic carbocycles. The third-order valence-electron chi connectivity index (χ3n) is 10.5. The van der Waals surface area contributed by atoms with E-state index in [4.69, 9.17) is 9.47 Å². The number of nitrogens with zero attached hydrogens (tertiary/aromatic N) is 1. The average molecular weight is 724 g/mol. The molecule has 0 amide bonds. The molecule has 0 aliphatic rings. The largest absolute Gasteiger partial charge is 0.463 e. The fourth-order valence-electron chi connectivity index (χ4n) is 7.11. The van der Waals surface area contributed by atoms with Crippen molar-refractivity contribution in [2.45, 2.75) is 252 Å². The Bertz CT molecular complexity index is 715. The summed E-state index contributed by atoms with van der Waals surface area (Å²) in [6.45, 7) is 11.8. The summed E-state index contributed by atoms with van der Waals surface area (Å²) in [4.78, 5) is 27.2. The second-order valence-corrected chi connectivity index (χ2v) is 15.7. The maximum Gasteiger partial charge on any atom is 0.306 e. The minimum Gasteiger partial charge on any atom is -0.463 e. The summed E-state index contributed by atoms with van der Waals surface area (Å²) in [7, 11) is 0. The van der Waals surface area contributed by atoms with Gasteiger partial charge in [-0.05, 0) is 84.2 Å². The first-order valence-corrected chi connectivity index (χ1v) is 22.7. The van der Waals surface area contributed by atoms with Crippen molar-refractivity contribution in [1.29, 1.82) is 0 Å². The molecule has 0 aliphatic heterocycles. The second-order valence-electron chi connectivity index (χ2n) is 15.7. The van der Waals surface area contributed by atoms with Crippen LogP contribution in [0.15, 0.2) is 0 Å². The van der Waals surface area contributed by atoms with Crippen molar-refractivity contribution in [3.63, 3.8) is 0 Å². The highest BCUT2D eigenvalue weighted by atomic mass is 16.5. The van der Waals surface area contributed by atoms with Gasteiger partial charge in [0.1, 0.15) is 6.10 Å². The van der Waals surface area contributed by atoms with Crippen LogP contribution < -0.4 is 0 Å². The van der Waals surface area contributed by atoms with E-state index in [1.807, 2.05) is 6.92 Å². The van der Waals surface area contributed by atoms with E-state index in [0.717, 1.165) is 96.7 Å². The van der Waals surface area contributed by atoms with E-state index < -0.39 is 0 Å². The molecule has 0 rings (SSSR count). The van der Waals surface area contributed by atoms with Crippen LogP contribution in [0.5, 0.6) is 0 Å². The molecular formula is C45H89NO5. The summed E-state index contributed by atoms with van der Waals surface area (Å²) < 4.78 is 11.7. The van der Waals surface area contributed by atoms with Gasteiger partial charge in [0.15, 0.2) is 0 Å². The summed E-state index contributed by atoms with van der Waals surface area (Å²) in [5.74, 6) is -0.0140. The van der Waals surface area contributed by atoms with Crippen molar-refractivity contribution in [3.8, 4) is 0 Å². The fourth-order valence-corrected chi connectivity index (χ4v) is 7.11. The van der Waals surface area contributed by atoms with Crippen LogP contribution >= 0.6 is 0 Å². The Hall–Kier alpha value is -1.14. The first kappa shape index (κ1) is 49.9. The maximum absolute atomic E-state index is 12.7. The van der Waals surface area contributed by atoms with Crippen molar-refractivity contribution >= 4 is 11.9 Å². The van der Waals surface area contributed by atoms with Crippen LogP contribution in [0.1, 0.15) is 240 Å². The van der Waals surface area contributed by atoms with E-state index in [9.17, 15) is 14.7 Å². The smallest absolute Gasteiger partial charge is 0.306 e. The van der Waals surface area contributed by atoms with Crippen LogP contribution in [0.25, 0.3) is 0 Å². The third kappa shape index (κ3) is 37.0.